The number of fused-ring (bicyclic) bond motifs is 1. The molecular weight excluding hydrogens is 1230 g/mol. The van der Waals surface area contributed by atoms with Crippen LogP contribution in [0.2, 0.25) is 0 Å². The number of benzene rings is 3. The zero-order valence-electron chi connectivity index (χ0n) is 51.9. The molecule has 92 heavy (non-hydrogen) atoms. The molecule has 23 nitrogen and oxygen atoms in total. The van der Waals surface area contributed by atoms with Gasteiger partial charge in [0.15, 0.2) is 0 Å². The van der Waals surface area contributed by atoms with Gasteiger partial charge in [-0.3, -0.25) is 38.4 Å². The van der Waals surface area contributed by atoms with Crippen molar-refractivity contribution in [2.24, 2.45) is 23.7 Å². The van der Waals surface area contributed by atoms with E-state index < -0.39 is 102 Å². The minimum absolute atomic E-state index is 0.0109. The minimum Gasteiger partial charge on any atom is -0.465 e. The number of rotatable bonds is 31. The molecule has 3 atom stereocenters. The van der Waals surface area contributed by atoms with Gasteiger partial charge in [-0.25, -0.2) is 9.59 Å². The Bertz CT molecular complexity index is 3310. The van der Waals surface area contributed by atoms with Crippen molar-refractivity contribution in [3.63, 3.8) is 0 Å². The van der Waals surface area contributed by atoms with E-state index in [1.807, 2.05) is 12.1 Å². The van der Waals surface area contributed by atoms with Gasteiger partial charge >= 0.3 is 59.7 Å². The van der Waals surface area contributed by atoms with Gasteiger partial charge in [0, 0.05) is 25.0 Å². The van der Waals surface area contributed by atoms with E-state index in [1.165, 1.54) is 0 Å². The normalized spacial score (nSPS) is 17.4. The molecule has 6 rings (SSSR count). The van der Waals surface area contributed by atoms with E-state index >= 15 is 0 Å². The molecule has 2 fully saturated rings. The van der Waals surface area contributed by atoms with Gasteiger partial charge in [0.25, 0.3) is 0 Å². The molecule has 490 valence electrons. The van der Waals surface area contributed by atoms with Crippen molar-refractivity contribution in [1.29, 1.82) is 10.5 Å². The fourth-order valence-corrected chi connectivity index (χ4v) is 12.4. The Morgan fingerprint density at radius 1 is 0.489 bits per heavy atom. The van der Waals surface area contributed by atoms with Crippen molar-refractivity contribution in [2.75, 3.05) is 33.0 Å². The first kappa shape index (κ1) is 72.3. The average Bonchev–Trinajstić information content (AvgIpc) is 1.55. The van der Waals surface area contributed by atoms with Crippen molar-refractivity contribution < 1.29 is 100 Å². The highest BCUT2D eigenvalue weighted by molar-refractivity contribution is 8.24. The molecule has 2 aliphatic carbocycles. The monoisotopic (exact) mass is 1310 g/mol. The Hall–Kier alpha value is -8.78. The summed E-state index contributed by atoms with van der Waals surface area (Å²) in [7, 11) is 0. The third-order valence-corrected chi connectivity index (χ3v) is 17.7. The van der Waals surface area contributed by atoms with Crippen LogP contribution >= 0.6 is 23.5 Å². The van der Waals surface area contributed by atoms with Gasteiger partial charge in [0.2, 0.25) is 0 Å². The molecular formula is C67H74N2O21S2. The zero-order valence-corrected chi connectivity index (χ0v) is 53.6. The molecule has 2 saturated carbocycles. The van der Waals surface area contributed by atoms with Gasteiger partial charge in [0.1, 0.15) is 66.6 Å². The largest absolute Gasteiger partial charge is 0.465 e. The van der Waals surface area contributed by atoms with Crippen LogP contribution in [0.1, 0.15) is 120 Å². The van der Waals surface area contributed by atoms with E-state index in [-0.39, 0.29) is 75.8 Å². The van der Waals surface area contributed by atoms with Crippen molar-refractivity contribution in [1.82, 2.24) is 0 Å². The molecule has 3 aliphatic rings. The number of allylic oxidation sites excluding steroid dienone is 1. The van der Waals surface area contributed by atoms with E-state index in [0.29, 0.717) is 101 Å². The second kappa shape index (κ2) is 36.3. The summed E-state index contributed by atoms with van der Waals surface area (Å²) in [6.07, 6.45) is 3.17. The molecule has 0 bridgehead atoms. The molecule has 0 amide bonds. The van der Waals surface area contributed by atoms with Crippen LogP contribution in [0, 0.1) is 60.2 Å². The quantitative estimate of drug-likeness (QED) is 0.0190. The highest BCUT2D eigenvalue weighted by atomic mass is 32.2. The van der Waals surface area contributed by atoms with Crippen molar-refractivity contribution in [3.05, 3.63) is 106 Å². The average molecular weight is 1310 g/mol. The standard InChI is InChI=1S/C67H74N2O21S2/c1-8-53(70)82-36-39(3)85-40(4)37-83-57(74)28-26-55(72)80-32-30-44-10-22-51(23-11-44)87-63(76)46-14-18-48(19-15-46)65(78)89-59-42(6)43(7)60(62-61(59)91-67(92-62)50(34-68)35-69)90-66(79)49-20-16-47(17-21-49)64(77)88-52-24-12-45(13-25-52)31-33-81-56(73)27-29-58(75)84-38-41(5)86-54(71)9-2/h8-13,22-25,39-41,46-49H,1-2,14-21,26-33,36-38H2,3-7H3/t39?,40?,41?,46-,47-,48-,49-. The van der Waals surface area contributed by atoms with Gasteiger partial charge in [-0.1, -0.05) is 60.9 Å². The molecule has 3 aromatic rings. The molecule has 1 aliphatic heterocycles. The Labute approximate surface area is 541 Å². The van der Waals surface area contributed by atoms with Crippen LogP contribution in [0.15, 0.2) is 93.4 Å². The number of carbonyl (C=O) groups is 10. The summed E-state index contributed by atoms with van der Waals surface area (Å²) in [6, 6.07) is 17.3. The maximum absolute atomic E-state index is 13.9. The van der Waals surface area contributed by atoms with Gasteiger partial charge < -0.3 is 52.1 Å². The van der Waals surface area contributed by atoms with Crippen LogP contribution in [0.3, 0.4) is 0 Å². The first-order valence-electron chi connectivity index (χ1n) is 30.1. The second-order valence-corrected chi connectivity index (χ2v) is 24.4. The van der Waals surface area contributed by atoms with Crippen LogP contribution in [0.5, 0.6) is 23.0 Å². The first-order valence-corrected chi connectivity index (χ1v) is 31.7. The summed E-state index contributed by atoms with van der Waals surface area (Å²) in [5.74, 6) is -6.61. The van der Waals surface area contributed by atoms with Crippen LogP contribution in [0.25, 0.3) is 0 Å². The highest BCUT2D eigenvalue weighted by Gasteiger charge is 2.39. The second-order valence-electron chi connectivity index (χ2n) is 22.1. The maximum Gasteiger partial charge on any atom is 0.330 e. The molecule has 1 heterocycles. The number of hydrogen-bond donors (Lipinski definition) is 0. The lowest BCUT2D eigenvalue weighted by Crippen LogP contribution is -2.31. The van der Waals surface area contributed by atoms with E-state index in [4.69, 9.17) is 52.1 Å². The number of hydrogen-bond acceptors (Lipinski definition) is 25. The van der Waals surface area contributed by atoms with Crippen LogP contribution in [-0.4, -0.2) is 111 Å². The summed E-state index contributed by atoms with van der Waals surface area (Å²) >= 11 is 2.14. The topological polar surface area (TPSA) is 320 Å². The fourth-order valence-electron chi connectivity index (χ4n) is 9.78. The van der Waals surface area contributed by atoms with Crippen LogP contribution < -0.4 is 18.9 Å². The van der Waals surface area contributed by atoms with Gasteiger partial charge in [-0.2, -0.15) is 10.5 Å². The van der Waals surface area contributed by atoms with Crippen molar-refractivity contribution in [3.8, 4) is 35.1 Å². The number of thioether (sulfide) groups is 2. The number of nitrogens with zero attached hydrogens (tertiary/aromatic N) is 2. The molecule has 0 radical (unpaired) electrons. The zero-order chi connectivity index (χ0) is 66.9. The third kappa shape index (κ3) is 22.6. The Morgan fingerprint density at radius 3 is 1.18 bits per heavy atom. The molecule has 3 aromatic carbocycles. The smallest absolute Gasteiger partial charge is 0.330 e. The molecule has 0 N–H and O–H groups in total. The lowest BCUT2D eigenvalue weighted by Gasteiger charge is -2.27. The molecule has 0 aromatic heterocycles. The first-order chi connectivity index (χ1) is 44.1. The summed E-state index contributed by atoms with van der Waals surface area (Å²) in [5, 5.41) is 19.6. The molecule has 3 unspecified atom stereocenters. The van der Waals surface area contributed by atoms with E-state index in [0.717, 1.165) is 46.8 Å². The lowest BCUT2D eigenvalue weighted by molar-refractivity contribution is -0.156. The highest BCUT2D eigenvalue weighted by Crippen LogP contribution is 2.61. The summed E-state index contributed by atoms with van der Waals surface area (Å²) in [6.45, 7) is 14.9. The van der Waals surface area contributed by atoms with E-state index in [9.17, 15) is 58.5 Å². The number of carbonyl (C=O) groups excluding carboxylic acids is 10. The summed E-state index contributed by atoms with van der Waals surface area (Å²) in [5.41, 5.74) is 2.45. The third-order valence-electron chi connectivity index (χ3n) is 15.1. The Balaban J connectivity index is 0.914. The van der Waals surface area contributed by atoms with Crippen molar-refractivity contribution in [2.45, 2.75) is 153 Å². The van der Waals surface area contributed by atoms with Crippen LogP contribution in [0.4, 0.5) is 0 Å². The number of nitriles is 2. The number of esters is 10. The minimum atomic E-state index is -0.676. The van der Waals surface area contributed by atoms with Gasteiger partial charge in [-0.15, -0.1) is 0 Å². The van der Waals surface area contributed by atoms with E-state index in [1.54, 1.807) is 83.1 Å². The SMILES string of the molecule is C=CC(=O)OCC(C)OC(C)COC(=O)CCC(=O)OCCc1ccc(OC(=O)[C@H]2CC[C@H](C(=O)Oc3c(C)c(C)c(OC(=O)[C@H]4CC[C@H](C(=O)Oc5ccc(CCOC(=O)CCC(=O)OCC(C)OC(=O)C=C)cc5)CC4)c4c3SC(=C(C#N)C#N)S4)CC2)cc1. The lowest BCUT2D eigenvalue weighted by atomic mass is 9.82. The summed E-state index contributed by atoms with van der Waals surface area (Å²) < 4.78 is 60.2. The van der Waals surface area contributed by atoms with Gasteiger partial charge in [-0.05, 0) is 133 Å². The number of ether oxygens (including phenoxy) is 11. The molecule has 0 saturated heterocycles. The maximum atomic E-state index is 13.9. The van der Waals surface area contributed by atoms with Crippen LogP contribution in [-0.2, 0) is 93.9 Å². The fraction of sp³-hybridized carbons (Fsp3) is 0.463. The molecule has 25 heteroatoms. The molecule has 0 spiro atoms. The summed E-state index contributed by atoms with van der Waals surface area (Å²) in [4.78, 5) is 126. The van der Waals surface area contributed by atoms with Crippen molar-refractivity contribution >= 4 is 83.2 Å². The predicted octanol–water partition coefficient (Wildman–Crippen LogP) is 9.85. The Morgan fingerprint density at radius 2 is 0.826 bits per heavy atom. The predicted molar refractivity (Wildman–Crippen MR) is 329 cm³/mol. The van der Waals surface area contributed by atoms with E-state index in [2.05, 4.69) is 13.2 Å². The Kier molecular flexibility index (Phi) is 28.5. The van der Waals surface area contributed by atoms with Gasteiger partial charge in [0.05, 0.1) is 88.8 Å².